The highest BCUT2D eigenvalue weighted by molar-refractivity contribution is 6.31. The number of halogens is 1. The Kier molecular flexibility index (Phi) is 4.51. The van der Waals surface area contributed by atoms with Crippen molar-refractivity contribution in [1.29, 1.82) is 0 Å². The maximum atomic E-state index is 12.1. The molecule has 112 valence electrons. The molecule has 3 rings (SSSR count). The Balaban J connectivity index is 1.66. The first-order chi connectivity index (χ1) is 11.2. The number of hydrogen-bond donors (Lipinski definition) is 1. The molecule has 2 aromatic carbocycles. The molecular weight excluding hydrogens is 310 g/mol. The van der Waals surface area contributed by atoms with Crippen LogP contribution in [0.1, 0.15) is 16.1 Å². The van der Waals surface area contributed by atoms with Crippen molar-refractivity contribution in [2.24, 2.45) is 0 Å². The predicted octanol–water partition coefficient (Wildman–Crippen LogP) is 3.06. The summed E-state index contributed by atoms with van der Waals surface area (Å²) in [5.74, 6) is 5.47. The Morgan fingerprint density at radius 1 is 1.09 bits per heavy atom. The first kappa shape index (κ1) is 15.0. The largest absolute Gasteiger partial charge is 0.340 e. The number of nitrogens with one attached hydrogen (secondary N) is 1. The summed E-state index contributed by atoms with van der Waals surface area (Å²) in [4.78, 5) is 20.6. The van der Waals surface area contributed by atoms with Gasteiger partial charge in [-0.25, -0.2) is 4.98 Å². The lowest BCUT2D eigenvalue weighted by atomic mass is 10.2. The highest BCUT2D eigenvalue weighted by Gasteiger charge is 2.07. The van der Waals surface area contributed by atoms with E-state index in [1.807, 2.05) is 42.5 Å². The van der Waals surface area contributed by atoms with E-state index in [0.29, 0.717) is 10.5 Å². The highest BCUT2D eigenvalue weighted by atomic mass is 35.5. The Morgan fingerprint density at radius 3 is 2.65 bits per heavy atom. The summed E-state index contributed by atoms with van der Waals surface area (Å²) in [5.41, 5.74) is 2.43. The lowest BCUT2D eigenvalue weighted by molar-refractivity contribution is 0.0953. The highest BCUT2D eigenvalue weighted by Crippen LogP contribution is 2.12. The molecule has 1 heterocycles. The molecule has 23 heavy (non-hydrogen) atoms. The Bertz CT molecular complexity index is 928. The second kappa shape index (κ2) is 6.91. The van der Waals surface area contributed by atoms with Gasteiger partial charge in [0.25, 0.3) is 5.91 Å². The fourth-order valence-corrected chi connectivity index (χ4v) is 2.17. The number of rotatable bonds is 2. The quantitative estimate of drug-likeness (QED) is 0.738. The molecule has 0 saturated heterocycles. The van der Waals surface area contributed by atoms with E-state index >= 15 is 0 Å². The van der Waals surface area contributed by atoms with Crippen LogP contribution in [0.2, 0.25) is 5.02 Å². The molecule has 0 bridgehead atoms. The summed E-state index contributed by atoms with van der Waals surface area (Å²) in [6.45, 7) is 0.207. The normalized spacial score (nSPS) is 9.96. The topological polar surface area (TPSA) is 54.9 Å². The van der Waals surface area contributed by atoms with Crippen LogP contribution in [0.15, 0.2) is 54.7 Å². The van der Waals surface area contributed by atoms with Gasteiger partial charge in [-0.05, 0) is 24.3 Å². The van der Waals surface area contributed by atoms with Gasteiger partial charge in [0.05, 0.1) is 28.8 Å². The number of benzene rings is 2. The van der Waals surface area contributed by atoms with E-state index in [9.17, 15) is 4.79 Å². The van der Waals surface area contributed by atoms with E-state index in [-0.39, 0.29) is 18.1 Å². The minimum atomic E-state index is -0.309. The minimum absolute atomic E-state index is 0.207. The maximum Gasteiger partial charge on any atom is 0.272 e. The van der Waals surface area contributed by atoms with Crippen LogP contribution in [0.3, 0.4) is 0 Å². The average molecular weight is 322 g/mol. The van der Waals surface area contributed by atoms with Crippen molar-refractivity contribution >= 4 is 28.5 Å². The molecule has 0 radical (unpaired) electrons. The monoisotopic (exact) mass is 321 g/mol. The van der Waals surface area contributed by atoms with Crippen molar-refractivity contribution in [2.75, 3.05) is 6.54 Å². The fourth-order valence-electron chi connectivity index (χ4n) is 1.98. The molecule has 3 aromatic rings. The van der Waals surface area contributed by atoms with E-state index in [1.54, 1.807) is 6.07 Å². The number of carbonyl (C=O) groups is 1. The van der Waals surface area contributed by atoms with Crippen LogP contribution in [-0.2, 0) is 0 Å². The summed E-state index contributed by atoms with van der Waals surface area (Å²) < 4.78 is 0. The van der Waals surface area contributed by atoms with Crippen molar-refractivity contribution in [2.45, 2.75) is 0 Å². The van der Waals surface area contributed by atoms with Crippen LogP contribution >= 0.6 is 11.6 Å². The van der Waals surface area contributed by atoms with Crippen LogP contribution < -0.4 is 5.32 Å². The summed E-state index contributed by atoms with van der Waals surface area (Å²) in [6, 6.07) is 14.7. The standard InChI is InChI=1S/C18H12ClN3O/c19-14-8-2-1-6-13(14)7-5-11-20-18(23)17-12-21-15-9-3-4-10-16(15)22-17/h1-4,6,8-10,12H,11H2,(H,20,23). The molecule has 1 N–H and O–H groups in total. The van der Waals surface area contributed by atoms with Crippen molar-refractivity contribution in [3.05, 3.63) is 71.0 Å². The van der Waals surface area contributed by atoms with Gasteiger partial charge in [-0.1, -0.05) is 47.7 Å². The molecule has 0 aliphatic carbocycles. The number of fused-ring (bicyclic) bond motifs is 1. The van der Waals surface area contributed by atoms with Gasteiger partial charge in [-0.15, -0.1) is 0 Å². The molecule has 0 atom stereocenters. The van der Waals surface area contributed by atoms with E-state index in [2.05, 4.69) is 27.1 Å². The molecule has 5 heteroatoms. The summed E-state index contributed by atoms with van der Waals surface area (Å²) in [7, 11) is 0. The predicted molar refractivity (Wildman–Crippen MR) is 90.2 cm³/mol. The SMILES string of the molecule is O=C(NCC#Cc1ccccc1Cl)c1cnc2ccccc2n1. The number of nitrogens with zero attached hydrogens (tertiary/aromatic N) is 2. The molecule has 0 fully saturated rings. The van der Waals surface area contributed by atoms with E-state index in [0.717, 1.165) is 11.1 Å². The molecule has 0 spiro atoms. The van der Waals surface area contributed by atoms with E-state index < -0.39 is 0 Å². The van der Waals surface area contributed by atoms with Crippen molar-refractivity contribution in [3.63, 3.8) is 0 Å². The zero-order valence-corrected chi connectivity index (χ0v) is 12.8. The van der Waals surface area contributed by atoms with Crippen LogP contribution in [0.4, 0.5) is 0 Å². The third-order valence-corrected chi connectivity index (χ3v) is 3.45. The lowest BCUT2D eigenvalue weighted by Gasteiger charge is -2.02. The third kappa shape index (κ3) is 3.65. The summed E-state index contributed by atoms with van der Waals surface area (Å²) in [6.07, 6.45) is 1.46. The molecule has 0 aliphatic heterocycles. The Hall–Kier alpha value is -2.90. The number of aromatic nitrogens is 2. The summed E-state index contributed by atoms with van der Waals surface area (Å²) >= 11 is 6.01. The van der Waals surface area contributed by atoms with Gasteiger partial charge in [-0.2, -0.15) is 0 Å². The van der Waals surface area contributed by atoms with Gasteiger partial charge in [0.2, 0.25) is 0 Å². The van der Waals surface area contributed by atoms with E-state index in [4.69, 9.17) is 11.6 Å². The number of carbonyl (C=O) groups excluding carboxylic acids is 1. The first-order valence-corrected chi connectivity index (χ1v) is 7.35. The van der Waals surface area contributed by atoms with Gasteiger partial charge in [0, 0.05) is 5.56 Å². The molecule has 1 aromatic heterocycles. The number of amides is 1. The average Bonchev–Trinajstić information content (AvgIpc) is 2.59. The number of para-hydroxylation sites is 2. The Morgan fingerprint density at radius 2 is 1.83 bits per heavy atom. The first-order valence-electron chi connectivity index (χ1n) is 6.97. The molecular formula is C18H12ClN3O. The van der Waals surface area contributed by atoms with Crippen LogP contribution in [0, 0.1) is 11.8 Å². The summed E-state index contributed by atoms with van der Waals surface area (Å²) in [5, 5.41) is 3.28. The van der Waals surface area contributed by atoms with Gasteiger partial charge in [-0.3, -0.25) is 9.78 Å². The molecule has 1 amide bonds. The molecule has 4 nitrogen and oxygen atoms in total. The van der Waals surface area contributed by atoms with Gasteiger partial charge < -0.3 is 5.32 Å². The van der Waals surface area contributed by atoms with Crippen LogP contribution in [0.25, 0.3) is 11.0 Å². The number of hydrogen-bond acceptors (Lipinski definition) is 3. The lowest BCUT2D eigenvalue weighted by Crippen LogP contribution is -2.24. The minimum Gasteiger partial charge on any atom is -0.340 e. The second-order valence-corrected chi connectivity index (χ2v) is 5.12. The van der Waals surface area contributed by atoms with Crippen molar-refractivity contribution in [3.8, 4) is 11.8 Å². The van der Waals surface area contributed by atoms with Crippen molar-refractivity contribution < 1.29 is 4.79 Å². The molecule has 0 unspecified atom stereocenters. The molecule has 0 aliphatic rings. The zero-order chi connectivity index (χ0) is 16.1. The van der Waals surface area contributed by atoms with Gasteiger partial charge in [0.1, 0.15) is 5.69 Å². The third-order valence-electron chi connectivity index (χ3n) is 3.12. The van der Waals surface area contributed by atoms with Crippen LogP contribution in [0.5, 0.6) is 0 Å². The fraction of sp³-hybridized carbons (Fsp3) is 0.0556. The maximum absolute atomic E-state index is 12.1. The van der Waals surface area contributed by atoms with Crippen molar-refractivity contribution in [1.82, 2.24) is 15.3 Å². The van der Waals surface area contributed by atoms with E-state index in [1.165, 1.54) is 6.20 Å². The van der Waals surface area contributed by atoms with Gasteiger partial charge in [0.15, 0.2) is 0 Å². The Labute approximate surface area is 138 Å². The second-order valence-electron chi connectivity index (χ2n) is 4.71. The molecule has 0 saturated carbocycles. The smallest absolute Gasteiger partial charge is 0.272 e. The van der Waals surface area contributed by atoms with Crippen LogP contribution in [-0.4, -0.2) is 22.4 Å². The zero-order valence-electron chi connectivity index (χ0n) is 12.1. The van der Waals surface area contributed by atoms with Gasteiger partial charge >= 0.3 is 0 Å².